The number of nitrogens with zero attached hydrogens (tertiary/aromatic N) is 4. The van der Waals surface area contributed by atoms with Crippen LogP contribution in [-0.4, -0.2) is 19.9 Å². The molecule has 6 heteroatoms. The van der Waals surface area contributed by atoms with Gasteiger partial charge in [0.1, 0.15) is 22.3 Å². The van der Waals surface area contributed by atoms with Crippen LogP contribution >= 0.6 is 0 Å². The molecule has 0 aliphatic heterocycles. The van der Waals surface area contributed by atoms with Crippen LogP contribution in [0.3, 0.4) is 0 Å². The number of benzene rings is 6. The molecule has 0 unspecified atom stereocenters. The Labute approximate surface area is 274 Å². The van der Waals surface area contributed by atoms with Gasteiger partial charge < -0.3 is 8.83 Å². The number of pyridine rings is 1. The highest BCUT2D eigenvalue weighted by Crippen LogP contribution is 2.41. The largest absolute Gasteiger partial charge is 0.456 e. The molecule has 10 aromatic rings. The van der Waals surface area contributed by atoms with E-state index in [0.29, 0.717) is 17.5 Å². The molecule has 48 heavy (non-hydrogen) atoms. The van der Waals surface area contributed by atoms with Crippen LogP contribution in [-0.2, 0) is 0 Å². The minimum Gasteiger partial charge on any atom is -0.456 e. The zero-order valence-electron chi connectivity index (χ0n) is 25.5. The van der Waals surface area contributed by atoms with Gasteiger partial charge in [0, 0.05) is 33.7 Å². The van der Waals surface area contributed by atoms with Gasteiger partial charge in [0.15, 0.2) is 23.1 Å². The first-order chi connectivity index (χ1) is 23.8. The van der Waals surface area contributed by atoms with Gasteiger partial charge in [0.25, 0.3) is 0 Å². The molecule has 0 radical (unpaired) electrons. The molecule has 0 saturated heterocycles. The summed E-state index contributed by atoms with van der Waals surface area (Å²) in [6.45, 7) is 0. The van der Waals surface area contributed by atoms with Gasteiger partial charge in [-0.15, -0.1) is 0 Å². The maximum absolute atomic E-state index is 6.23. The summed E-state index contributed by atoms with van der Waals surface area (Å²) >= 11 is 0. The molecule has 6 aromatic carbocycles. The van der Waals surface area contributed by atoms with Crippen molar-refractivity contribution < 1.29 is 8.83 Å². The van der Waals surface area contributed by atoms with Gasteiger partial charge in [-0.25, -0.2) is 15.0 Å². The highest BCUT2D eigenvalue weighted by atomic mass is 16.3. The highest BCUT2D eigenvalue weighted by molar-refractivity contribution is 6.15. The van der Waals surface area contributed by atoms with Crippen LogP contribution in [0.5, 0.6) is 0 Å². The molecule has 0 atom stereocenters. The van der Waals surface area contributed by atoms with E-state index in [0.717, 1.165) is 82.6 Å². The summed E-state index contributed by atoms with van der Waals surface area (Å²) in [5.74, 6) is 1.79. The fraction of sp³-hybridized carbons (Fsp3) is 0. The molecular formula is C42H24N4O2. The minimum atomic E-state index is 0.588. The predicted octanol–water partition coefficient (Wildman–Crippen LogP) is 10.9. The molecule has 0 aliphatic rings. The van der Waals surface area contributed by atoms with Crippen LogP contribution in [0.4, 0.5) is 0 Å². The second kappa shape index (κ2) is 10.4. The van der Waals surface area contributed by atoms with Crippen molar-refractivity contribution in [2.45, 2.75) is 0 Å². The molecular weight excluding hydrogens is 592 g/mol. The van der Waals surface area contributed by atoms with Crippen LogP contribution in [0.25, 0.3) is 100 Å². The number of aromatic nitrogens is 4. The molecule has 0 amide bonds. The van der Waals surface area contributed by atoms with E-state index in [1.165, 1.54) is 0 Å². The van der Waals surface area contributed by atoms with Gasteiger partial charge in [0.05, 0.1) is 5.39 Å². The predicted molar refractivity (Wildman–Crippen MR) is 191 cm³/mol. The lowest BCUT2D eigenvalue weighted by Gasteiger charge is -2.13. The maximum atomic E-state index is 6.23. The smallest absolute Gasteiger partial charge is 0.164 e. The van der Waals surface area contributed by atoms with E-state index in [9.17, 15) is 0 Å². The lowest BCUT2D eigenvalue weighted by molar-refractivity contribution is 0.668. The molecule has 10 rings (SSSR count). The monoisotopic (exact) mass is 616 g/mol. The van der Waals surface area contributed by atoms with E-state index in [-0.39, 0.29) is 0 Å². The molecule has 0 aliphatic carbocycles. The fourth-order valence-corrected chi connectivity index (χ4v) is 6.90. The third kappa shape index (κ3) is 4.06. The second-order valence-corrected chi connectivity index (χ2v) is 11.8. The quantitative estimate of drug-likeness (QED) is 0.196. The van der Waals surface area contributed by atoms with Crippen molar-refractivity contribution in [3.05, 3.63) is 146 Å². The van der Waals surface area contributed by atoms with Crippen LogP contribution < -0.4 is 0 Å². The molecule has 0 fully saturated rings. The number of fused-ring (bicyclic) bond motifs is 7. The summed E-state index contributed by atoms with van der Waals surface area (Å²) in [4.78, 5) is 20.0. The zero-order valence-corrected chi connectivity index (χ0v) is 25.5. The molecule has 4 aromatic heterocycles. The summed E-state index contributed by atoms with van der Waals surface area (Å²) in [5, 5.41) is 5.13. The molecule has 224 valence electrons. The Kier molecular flexibility index (Phi) is 5.77. The van der Waals surface area contributed by atoms with Gasteiger partial charge in [-0.2, -0.15) is 0 Å². The molecule has 0 saturated carbocycles. The molecule has 0 bridgehead atoms. The molecule has 6 nitrogen and oxygen atoms in total. The zero-order chi connectivity index (χ0) is 31.6. The highest BCUT2D eigenvalue weighted by Gasteiger charge is 2.20. The van der Waals surface area contributed by atoms with Crippen molar-refractivity contribution in [2.24, 2.45) is 0 Å². The number of furan rings is 2. The van der Waals surface area contributed by atoms with Gasteiger partial charge >= 0.3 is 0 Å². The minimum absolute atomic E-state index is 0.588. The van der Waals surface area contributed by atoms with Crippen molar-refractivity contribution in [1.82, 2.24) is 19.9 Å². The van der Waals surface area contributed by atoms with Crippen molar-refractivity contribution >= 4 is 54.8 Å². The van der Waals surface area contributed by atoms with Crippen molar-refractivity contribution in [1.29, 1.82) is 0 Å². The fourth-order valence-electron chi connectivity index (χ4n) is 6.90. The first-order valence-corrected chi connectivity index (χ1v) is 15.8. The van der Waals surface area contributed by atoms with E-state index in [1.807, 2.05) is 91.1 Å². The average molecular weight is 617 g/mol. The Balaban J connectivity index is 1.23. The second-order valence-electron chi connectivity index (χ2n) is 11.8. The number of para-hydroxylation sites is 1. The number of rotatable bonds is 4. The third-order valence-corrected chi connectivity index (χ3v) is 9.02. The van der Waals surface area contributed by atoms with Crippen LogP contribution in [0.2, 0.25) is 0 Å². The van der Waals surface area contributed by atoms with E-state index < -0.39 is 0 Å². The van der Waals surface area contributed by atoms with E-state index in [2.05, 4.69) is 59.6 Å². The Hall–Kier alpha value is -6.66. The molecule has 0 spiro atoms. The maximum Gasteiger partial charge on any atom is 0.164 e. The average Bonchev–Trinajstić information content (AvgIpc) is 3.73. The van der Waals surface area contributed by atoms with Crippen molar-refractivity contribution in [2.75, 3.05) is 0 Å². The van der Waals surface area contributed by atoms with Gasteiger partial charge in [-0.3, -0.25) is 4.98 Å². The first kappa shape index (κ1) is 26.5. The Morgan fingerprint density at radius 1 is 0.354 bits per heavy atom. The van der Waals surface area contributed by atoms with Crippen molar-refractivity contribution in [3.63, 3.8) is 0 Å². The summed E-state index contributed by atoms with van der Waals surface area (Å²) < 4.78 is 12.4. The van der Waals surface area contributed by atoms with Crippen LogP contribution in [0.15, 0.2) is 155 Å². The first-order valence-electron chi connectivity index (χ1n) is 15.8. The van der Waals surface area contributed by atoms with Crippen molar-refractivity contribution in [3.8, 4) is 45.3 Å². The molecule has 0 N–H and O–H groups in total. The molecule has 4 heterocycles. The SMILES string of the molecule is c1ccc(-c2nc(-c3cccc4c(-c5cccc6oc7cccnc7c56)cccc34)nc(-c3cccc4oc5ccccc5c34)n2)cc1. The topological polar surface area (TPSA) is 77.8 Å². The van der Waals surface area contributed by atoms with E-state index in [4.69, 9.17) is 23.8 Å². The van der Waals surface area contributed by atoms with E-state index >= 15 is 0 Å². The lowest BCUT2D eigenvalue weighted by atomic mass is 9.93. The summed E-state index contributed by atoms with van der Waals surface area (Å²) in [5.41, 5.74) is 8.93. The summed E-state index contributed by atoms with van der Waals surface area (Å²) in [6, 6.07) is 46.9. The number of hydrogen-bond donors (Lipinski definition) is 0. The Morgan fingerprint density at radius 3 is 1.77 bits per heavy atom. The van der Waals surface area contributed by atoms with Crippen LogP contribution in [0, 0.1) is 0 Å². The Bertz CT molecular complexity index is 2850. The summed E-state index contributed by atoms with van der Waals surface area (Å²) in [6.07, 6.45) is 1.81. The normalized spacial score (nSPS) is 11.8. The lowest BCUT2D eigenvalue weighted by Crippen LogP contribution is -2.01. The van der Waals surface area contributed by atoms with Gasteiger partial charge in [-0.1, -0.05) is 109 Å². The van der Waals surface area contributed by atoms with Crippen LogP contribution in [0.1, 0.15) is 0 Å². The number of hydrogen-bond acceptors (Lipinski definition) is 6. The van der Waals surface area contributed by atoms with E-state index in [1.54, 1.807) is 0 Å². The Morgan fingerprint density at radius 2 is 0.917 bits per heavy atom. The third-order valence-electron chi connectivity index (χ3n) is 9.02. The van der Waals surface area contributed by atoms with Gasteiger partial charge in [-0.05, 0) is 52.2 Å². The van der Waals surface area contributed by atoms with Gasteiger partial charge in [0.2, 0.25) is 0 Å². The standard InChI is InChI=1S/C42H24N4O2/c1-2-11-25(12-3-1)40-44-41(46-42(45-40)32-19-9-21-34-37(32)31-13-4-5-20-33(31)47-34)30-18-7-14-26-27(15-6-16-28(26)30)29-17-8-22-35-38(29)39-36(48-35)23-10-24-43-39/h1-24H. The summed E-state index contributed by atoms with van der Waals surface area (Å²) in [7, 11) is 0.